The van der Waals surface area contributed by atoms with Crippen LogP contribution in [0.5, 0.6) is 0 Å². The lowest BCUT2D eigenvalue weighted by molar-refractivity contribution is 0.423. The van der Waals surface area contributed by atoms with Crippen molar-refractivity contribution in [2.24, 2.45) is 0 Å². The zero-order valence-corrected chi connectivity index (χ0v) is 18.7. The van der Waals surface area contributed by atoms with E-state index in [0.717, 1.165) is 15.6 Å². The fourth-order valence-corrected chi connectivity index (χ4v) is 7.38. The molecule has 0 aromatic carbocycles. The molecule has 1 fully saturated rings. The molecule has 1 aliphatic heterocycles. The number of sulfone groups is 1. The molecule has 0 spiro atoms. The summed E-state index contributed by atoms with van der Waals surface area (Å²) >= 11 is 0. The normalized spacial score (nSPS) is 19.0. The minimum atomic E-state index is -3.81. The average molecular weight is 444 g/mol. The largest absolute Gasteiger partial charge is 0.356 e. The van der Waals surface area contributed by atoms with Gasteiger partial charge in [0, 0.05) is 32.9 Å². The van der Waals surface area contributed by atoms with E-state index >= 15 is 0 Å². The standard InChI is InChI=1S/C17H25N5O5S2/c1-11-12(2)20-27-16(11)14-8-18-17(21(3)4)19-15(14)9-22(5)29(25,26)13-6-7-28(23,24)10-13/h8,13H,6-7,9-10H2,1-5H3/t13-/m1/s1. The first-order valence-corrected chi connectivity index (χ1v) is 12.4. The minimum Gasteiger partial charge on any atom is -0.356 e. The summed E-state index contributed by atoms with van der Waals surface area (Å²) in [5.74, 6) is 0.453. The molecule has 12 heteroatoms. The summed E-state index contributed by atoms with van der Waals surface area (Å²) in [6.45, 7) is 3.62. The molecule has 0 unspecified atom stereocenters. The second-order valence-electron chi connectivity index (χ2n) is 7.47. The highest BCUT2D eigenvalue weighted by molar-refractivity contribution is 7.95. The van der Waals surface area contributed by atoms with Crippen LogP contribution in [0.15, 0.2) is 10.7 Å². The van der Waals surface area contributed by atoms with Gasteiger partial charge in [0.25, 0.3) is 0 Å². The van der Waals surface area contributed by atoms with E-state index in [4.69, 9.17) is 4.52 Å². The summed E-state index contributed by atoms with van der Waals surface area (Å²) < 4.78 is 55.9. The van der Waals surface area contributed by atoms with E-state index in [1.807, 2.05) is 13.8 Å². The van der Waals surface area contributed by atoms with Crippen molar-refractivity contribution in [1.29, 1.82) is 0 Å². The van der Waals surface area contributed by atoms with Gasteiger partial charge in [-0.2, -0.15) is 4.31 Å². The summed E-state index contributed by atoms with van der Waals surface area (Å²) in [5.41, 5.74) is 2.55. The number of sulfonamides is 1. The minimum absolute atomic E-state index is 0.0449. The number of rotatable bonds is 6. The Balaban J connectivity index is 1.98. The molecule has 1 saturated heterocycles. The van der Waals surface area contributed by atoms with Crippen LogP contribution in [-0.4, -0.2) is 74.2 Å². The number of anilines is 1. The molecule has 29 heavy (non-hydrogen) atoms. The molecule has 2 aromatic rings. The molecule has 10 nitrogen and oxygen atoms in total. The number of aromatic nitrogens is 3. The van der Waals surface area contributed by atoms with Gasteiger partial charge in [0.1, 0.15) is 0 Å². The van der Waals surface area contributed by atoms with Crippen molar-refractivity contribution >= 4 is 25.8 Å². The van der Waals surface area contributed by atoms with E-state index in [1.165, 1.54) is 7.05 Å². The summed E-state index contributed by atoms with van der Waals surface area (Å²) in [7, 11) is -2.13. The van der Waals surface area contributed by atoms with E-state index < -0.39 is 25.1 Å². The van der Waals surface area contributed by atoms with Crippen LogP contribution in [0, 0.1) is 13.8 Å². The Bertz CT molecular complexity index is 1130. The van der Waals surface area contributed by atoms with Gasteiger partial charge in [-0.25, -0.2) is 26.8 Å². The van der Waals surface area contributed by atoms with Gasteiger partial charge < -0.3 is 9.42 Å². The van der Waals surface area contributed by atoms with Crippen molar-refractivity contribution < 1.29 is 21.4 Å². The van der Waals surface area contributed by atoms with Crippen molar-refractivity contribution in [2.45, 2.75) is 32.1 Å². The van der Waals surface area contributed by atoms with Gasteiger partial charge in [0.2, 0.25) is 16.0 Å². The first-order chi connectivity index (χ1) is 13.4. The van der Waals surface area contributed by atoms with E-state index in [9.17, 15) is 16.8 Å². The highest BCUT2D eigenvalue weighted by Crippen LogP contribution is 2.30. The smallest absolute Gasteiger partial charge is 0.225 e. The van der Waals surface area contributed by atoms with Crippen molar-refractivity contribution in [1.82, 2.24) is 19.4 Å². The molecule has 0 saturated carbocycles. The topological polar surface area (TPSA) is 127 Å². The van der Waals surface area contributed by atoms with Gasteiger partial charge in [0.15, 0.2) is 15.6 Å². The highest BCUT2D eigenvalue weighted by atomic mass is 32.2. The Morgan fingerprint density at radius 1 is 1.24 bits per heavy atom. The van der Waals surface area contributed by atoms with Gasteiger partial charge in [0.05, 0.1) is 40.3 Å². The third kappa shape index (κ3) is 4.28. The van der Waals surface area contributed by atoms with Crippen molar-refractivity contribution in [3.63, 3.8) is 0 Å². The van der Waals surface area contributed by atoms with Crippen molar-refractivity contribution in [3.8, 4) is 11.3 Å². The maximum absolute atomic E-state index is 12.9. The van der Waals surface area contributed by atoms with Crippen LogP contribution >= 0.6 is 0 Å². The number of hydrogen-bond acceptors (Lipinski definition) is 9. The molecular formula is C17H25N5O5S2. The van der Waals surface area contributed by atoms with Crippen molar-refractivity contribution in [3.05, 3.63) is 23.1 Å². The van der Waals surface area contributed by atoms with Crippen LogP contribution in [0.25, 0.3) is 11.3 Å². The fourth-order valence-electron chi connectivity index (χ4n) is 3.15. The zero-order chi connectivity index (χ0) is 21.6. The van der Waals surface area contributed by atoms with Crippen LogP contribution in [0.2, 0.25) is 0 Å². The Labute approximate surface area is 170 Å². The third-order valence-electron chi connectivity index (χ3n) is 5.08. The second kappa shape index (κ2) is 7.65. The van der Waals surface area contributed by atoms with E-state index in [1.54, 1.807) is 25.2 Å². The first kappa shape index (κ1) is 21.7. The summed E-state index contributed by atoms with van der Waals surface area (Å²) in [6.07, 6.45) is 1.69. The lowest BCUT2D eigenvalue weighted by Crippen LogP contribution is -2.36. The quantitative estimate of drug-likeness (QED) is 0.636. The number of nitrogens with zero attached hydrogens (tertiary/aromatic N) is 5. The Morgan fingerprint density at radius 2 is 1.93 bits per heavy atom. The van der Waals surface area contributed by atoms with Crippen LogP contribution in [0.4, 0.5) is 5.95 Å². The predicted molar refractivity (Wildman–Crippen MR) is 109 cm³/mol. The second-order valence-corrected chi connectivity index (χ2v) is 12.0. The molecule has 160 valence electrons. The molecule has 0 N–H and O–H groups in total. The lowest BCUT2D eigenvalue weighted by Gasteiger charge is -2.22. The molecule has 0 aliphatic carbocycles. The van der Waals surface area contributed by atoms with E-state index in [-0.39, 0.29) is 24.5 Å². The van der Waals surface area contributed by atoms with Crippen LogP contribution < -0.4 is 4.90 Å². The number of aryl methyl sites for hydroxylation is 1. The lowest BCUT2D eigenvalue weighted by atomic mass is 10.1. The molecular weight excluding hydrogens is 418 g/mol. The monoisotopic (exact) mass is 443 g/mol. The molecule has 1 atom stereocenters. The van der Waals surface area contributed by atoms with Gasteiger partial charge in [-0.3, -0.25) is 0 Å². The summed E-state index contributed by atoms with van der Waals surface area (Å²) in [5, 5.41) is 3.02. The van der Waals surface area contributed by atoms with Crippen LogP contribution in [0.1, 0.15) is 23.4 Å². The molecule has 0 amide bonds. The molecule has 0 radical (unpaired) electrons. The van der Waals surface area contributed by atoms with Gasteiger partial charge in [-0.1, -0.05) is 5.16 Å². The Kier molecular flexibility index (Phi) is 5.71. The highest BCUT2D eigenvalue weighted by Gasteiger charge is 2.39. The Hall–Kier alpha value is -2.05. The first-order valence-electron chi connectivity index (χ1n) is 9.04. The summed E-state index contributed by atoms with van der Waals surface area (Å²) in [4.78, 5) is 10.5. The van der Waals surface area contributed by atoms with E-state index in [0.29, 0.717) is 23.0 Å². The SMILES string of the molecule is Cc1noc(-c2cnc(N(C)C)nc2CN(C)S(=O)(=O)[C@@H]2CCS(=O)(=O)C2)c1C. The van der Waals surface area contributed by atoms with Crippen LogP contribution in [0.3, 0.4) is 0 Å². The molecule has 0 bridgehead atoms. The number of hydrogen-bond donors (Lipinski definition) is 0. The van der Waals surface area contributed by atoms with Gasteiger partial charge in [-0.15, -0.1) is 0 Å². The molecule has 3 heterocycles. The fraction of sp³-hybridized carbons (Fsp3) is 0.588. The molecule has 1 aliphatic rings. The van der Waals surface area contributed by atoms with Crippen LogP contribution in [-0.2, 0) is 26.4 Å². The Morgan fingerprint density at radius 3 is 2.45 bits per heavy atom. The van der Waals surface area contributed by atoms with E-state index in [2.05, 4.69) is 15.1 Å². The van der Waals surface area contributed by atoms with Gasteiger partial charge >= 0.3 is 0 Å². The molecule has 2 aromatic heterocycles. The maximum atomic E-state index is 12.9. The molecule has 3 rings (SSSR count). The maximum Gasteiger partial charge on any atom is 0.225 e. The average Bonchev–Trinajstić information content (AvgIpc) is 3.17. The summed E-state index contributed by atoms with van der Waals surface area (Å²) in [6, 6.07) is 0. The third-order valence-corrected chi connectivity index (χ3v) is 9.30. The van der Waals surface area contributed by atoms with Crippen molar-refractivity contribution in [2.75, 3.05) is 37.5 Å². The predicted octanol–water partition coefficient (Wildman–Crippen LogP) is 0.763. The van der Waals surface area contributed by atoms with Gasteiger partial charge in [-0.05, 0) is 20.3 Å². The zero-order valence-electron chi connectivity index (χ0n) is 17.1.